The number of halogens is 1. The van der Waals surface area contributed by atoms with E-state index in [1.165, 1.54) is 36.4 Å². The molecular weight excluding hydrogens is 413 g/mol. The monoisotopic (exact) mass is 435 g/mol. The Labute approximate surface area is 174 Å². The van der Waals surface area contributed by atoms with Gasteiger partial charge in [0.05, 0.1) is 18.0 Å². The topological polar surface area (TPSA) is 105 Å². The first-order valence-corrected chi connectivity index (χ1v) is 10.7. The highest BCUT2D eigenvalue weighted by Gasteiger charge is 2.36. The van der Waals surface area contributed by atoms with E-state index in [9.17, 15) is 22.4 Å². The minimum absolute atomic E-state index is 0.0559. The van der Waals surface area contributed by atoms with E-state index in [0.29, 0.717) is 5.56 Å². The van der Waals surface area contributed by atoms with E-state index in [0.717, 1.165) is 9.87 Å². The fourth-order valence-electron chi connectivity index (χ4n) is 2.91. The summed E-state index contributed by atoms with van der Waals surface area (Å²) in [5, 5.41) is 4.81. The number of rotatable bonds is 6. The van der Waals surface area contributed by atoms with Crippen LogP contribution in [0.2, 0.25) is 0 Å². The van der Waals surface area contributed by atoms with E-state index in [1.807, 2.05) is 6.92 Å². The molecule has 0 saturated carbocycles. The van der Waals surface area contributed by atoms with Gasteiger partial charge in [-0.25, -0.2) is 12.8 Å². The van der Waals surface area contributed by atoms with Gasteiger partial charge in [-0.1, -0.05) is 29.8 Å². The quantitative estimate of drug-likeness (QED) is 0.657. The molecule has 160 valence electrons. The predicted octanol–water partition coefficient (Wildman–Crippen LogP) is 0.914. The van der Waals surface area contributed by atoms with Crippen molar-refractivity contribution in [1.82, 2.24) is 14.9 Å². The second kappa shape index (κ2) is 9.33. The molecule has 1 atom stereocenters. The number of hydrogen-bond donors (Lipinski definition) is 2. The van der Waals surface area contributed by atoms with Crippen LogP contribution >= 0.6 is 0 Å². The number of aryl methyl sites for hydroxylation is 1. The molecular formula is C20H22FN3O5S. The van der Waals surface area contributed by atoms with Gasteiger partial charge in [-0.3, -0.25) is 9.59 Å². The Bertz CT molecular complexity index is 1010. The SMILES string of the molecule is Cc1ccc(S(=O)(=O)N2CCOC2CNC(=O)C(=O)NCc2ccc(F)cc2)cc1. The summed E-state index contributed by atoms with van der Waals surface area (Å²) in [6.07, 6.45) is -0.912. The summed E-state index contributed by atoms with van der Waals surface area (Å²) in [5.74, 6) is -2.20. The molecule has 1 aliphatic rings. The minimum atomic E-state index is -3.80. The number of hydrogen-bond acceptors (Lipinski definition) is 5. The molecule has 0 aliphatic carbocycles. The Hall–Kier alpha value is -2.82. The third kappa shape index (κ3) is 5.21. The van der Waals surface area contributed by atoms with Gasteiger partial charge in [0.25, 0.3) is 0 Å². The first-order chi connectivity index (χ1) is 14.3. The molecule has 0 bridgehead atoms. The van der Waals surface area contributed by atoms with Crippen LogP contribution in [0.3, 0.4) is 0 Å². The molecule has 8 nitrogen and oxygen atoms in total. The van der Waals surface area contributed by atoms with Crippen molar-refractivity contribution in [2.24, 2.45) is 0 Å². The number of benzene rings is 2. The lowest BCUT2D eigenvalue weighted by atomic mass is 10.2. The van der Waals surface area contributed by atoms with E-state index in [4.69, 9.17) is 4.74 Å². The average molecular weight is 435 g/mol. The highest BCUT2D eigenvalue weighted by molar-refractivity contribution is 7.89. The van der Waals surface area contributed by atoms with Crippen molar-refractivity contribution < 1.29 is 27.1 Å². The van der Waals surface area contributed by atoms with Gasteiger partial charge in [0.2, 0.25) is 10.0 Å². The van der Waals surface area contributed by atoms with E-state index in [2.05, 4.69) is 10.6 Å². The Morgan fingerprint density at radius 1 is 1.07 bits per heavy atom. The highest BCUT2D eigenvalue weighted by atomic mass is 32.2. The Morgan fingerprint density at radius 3 is 2.37 bits per heavy atom. The summed E-state index contributed by atoms with van der Waals surface area (Å²) in [6.45, 7) is 2.07. The standard InChI is InChI=1S/C20H22FN3O5S/c1-14-2-8-17(9-3-14)30(27,28)24-10-11-29-18(24)13-23-20(26)19(25)22-12-15-4-6-16(21)7-5-15/h2-9,18H,10-13H2,1H3,(H,22,25)(H,23,26). The number of amides is 2. The van der Waals surface area contributed by atoms with Crippen molar-refractivity contribution in [2.45, 2.75) is 24.6 Å². The summed E-state index contributed by atoms with van der Waals surface area (Å²) in [6, 6.07) is 11.9. The lowest BCUT2D eigenvalue weighted by molar-refractivity contribution is -0.139. The van der Waals surface area contributed by atoms with Crippen LogP contribution in [-0.2, 0) is 30.9 Å². The molecule has 30 heavy (non-hydrogen) atoms. The molecule has 1 aliphatic heterocycles. The van der Waals surface area contributed by atoms with Gasteiger partial charge >= 0.3 is 11.8 Å². The van der Waals surface area contributed by atoms with E-state index in [1.54, 1.807) is 12.1 Å². The molecule has 2 N–H and O–H groups in total. The van der Waals surface area contributed by atoms with Crippen molar-refractivity contribution in [3.63, 3.8) is 0 Å². The molecule has 1 unspecified atom stereocenters. The van der Waals surface area contributed by atoms with E-state index >= 15 is 0 Å². The van der Waals surface area contributed by atoms with Crippen LogP contribution in [0.25, 0.3) is 0 Å². The zero-order chi connectivity index (χ0) is 21.7. The molecule has 2 aromatic rings. The first kappa shape index (κ1) is 21.9. The smallest absolute Gasteiger partial charge is 0.309 e. The second-order valence-electron chi connectivity index (χ2n) is 6.77. The Balaban J connectivity index is 1.54. The fourth-order valence-corrected chi connectivity index (χ4v) is 4.42. The van der Waals surface area contributed by atoms with Crippen LogP contribution in [0.4, 0.5) is 4.39 Å². The van der Waals surface area contributed by atoms with Crippen molar-refractivity contribution in [3.05, 3.63) is 65.5 Å². The third-order valence-corrected chi connectivity index (χ3v) is 6.48. The van der Waals surface area contributed by atoms with Crippen LogP contribution in [0.15, 0.2) is 53.4 Å². The molecule has 0 radical (unpaired) electrons. The molecule has 2 aromatic carbocycles. The van der Waals surface area contributed by atoms with Crippen LogP contribution in [0, 0.1) is 12.7 Å². The Morgan fingerprint density at radius 2 is 1.70 bits per heavy atom. The molecule has 2 amide bonds. The zero-order valence-electron chi connectivity index (χ0n) is 16.3. The molecule has 3 rings (SSSR count). The van der Waals surface area contributed by atoms with Gasteiger partial charge in [0, 0.05) is 13.1 Å². The third-order valence-electron chi connectivity index (χ3n) is 4.58. The maximum absolute atomic E-state index is 12.9. The molecule has 0 aromatic heterocycles. The lowest BCUT2D eigenvalue weighted by Gasteiger charge is -2.22. The average Bonchev–Trinajstić information content (AvgIpc) is 3.21. The van der Waals surface area contributed by atoms with Crippen LogP contribution in [0.1, 0.15) is 11.1 Å². The maximum atomic E-state index is 12.9. The summed E-state index contributed by atoms with van der Waals surface area (Å²) < 4.78 is 45.2. The highest BCUT2D eigenvalue weighted by Crippen LogP contribution is 2.22. The van der Waals surface area contributed by atoms with E-state index in [-0.39, 0.29) is 31.1 Å². The van der Waals surface area contributed by atoms with Crippen molar-refractivity contribution >= 4 is 21.8 Å². The summed E-state index contributed by atoms with van der Waals surface area (Å²) in [7, 11) is -3.80. The predicted molar refractivity (Wildman–Crippen MR) is 106 cm³/mol. The summed E-state index contributed by atoms with van der Waals surface area (Å²) in [4.78, 5) is 24.1. The number of ether oxygens (including phenoxy) is 1. The molecule has 1 saturated heterocycles. The zero-order valence-corrected chi connectivity index (χ0v) is 17.1. The van der Waals surface area contributed by atoms with E-state index < -0.39 is 33.9 Å². The molecule has 1 fully saturated rings. The lowest BCUT2D eigenvalue weighted by Crippen LogP contribution is -2.47. The number of carbonyl (C=O) groups is 2. The minimum Gasteiger partial charge on any atom is -0.359 e. The first-order valence-electron chi connectivity index (χ1n) is 9.28. The summed E-state index contributed by atoms with van der Waals surface area (Å²) in [5.41, 5.74) is 1.56. The maximum Gasteiger partial charge on any atom is 0.309 e. The molecule has 0 spiro atoms. The molecule has 10 heteroatoms. The van der Waals surface area contributed by atoms with Gasteiger partial charge in [-0.15, -0.1) is 0 Å². The largest absolute Gasteiger partial charge is 0.359 e. The van der Waals surface area contributed by atoms with Crippen molar-refractivity contribution in [1.29, 1.82) is 0 Å². The van der Waals surface area contributed by atoms with Gasteiger partial charge < -0.3 is 15.4 Å². The Kier molecular flexibility index (Phi) is 6.80. The van der Waals surface area contributed by atoms with Gasteiger partial charge in [0.15, 0.2) is 0 Å². The van der Waals surface area contributed by atoms with Crippen molar-refractivity contribution in [2.75, 3.05) is 19.7 Å². The number of nitrogens with one attached hydrogen (secondary N) is 2. The normalized spacial score (nSPS) is 16.9. The summed E-state index contributed by atoms with van der Waals surface area (Å²) >= 11 is 0. The van der Waals surface area contributed by atoms with Crippen LogP contribution in [-0.4, -0.2) is 50.5 Å². The van der Waals surface area contributed by atoms with Gasteiger partial charge in [0.1, 0.15) is 12.0 Å². The second-order valence-corrected chi connectivity index (χ2v) is 8.66. The number of nitrogens with zero attached hydrogens (tertiary/aromatic N) is 1. The van der Waals surface area contributed by atoms with Crippen LogP contribution in [0.5, 0.6) is 0 Å². The van der Waals surface area contributed by atoms with Gasteiger partial charge in [-0.2, -0.15) is 4.31 Å². The number of carbonyl (C=O) groups excluding carboxylic acids is 2. The number of sulfonamides is 1. The van der Waals surface area contributed by atoms with Crippen molar-refractivity contribution in [3.8, 4) is 0 Å². The fraction of sp³-hybridized carbons (Fsp3) is 0.300. The molecule has 1 heterocycles. The van der Waals surface area contributed by atoms with Crippen LogP contribution < -0.4 is 10.6 Å². The van der Waals surface area contributed by atoms with Gasteiger partial charge in [-0.05, 0) is 36.8 Å².